The van der Waals surface area contributed by atoms with Crippen LogP contribution in [0.4, 0.5) is 0 Å². The van der Waals surface area contributed by atoms with Gasteiger partial charge in [-0.2, -0.15) is 0 Å². The first-order valence-corrected chi connectivity index (χ1v) is 7.65. The van der Waals surface area contributed by atoms with Crippen LogP contribution in [0, 0.1) is 11.3 Å². The summed E-state index contributed by atoms with van der Waals surface area (Å²) in [5.74, 6) is 0.878. The van der Waals surface area contributed by atoms with Gasteiger partial charge in [-0.3, -0.25) is 0 Å². The molecule has 2 fully saturated rings. The lowest BCUT2D eigenvalue weighted by molar-refractivity contribution is 0.191. The lowest BCUT2D eigenvalue weighted by atomic mass is 9.82. The van der Waals surface area contributed by atoms with Crippen LogP contribution in [0.15, 0.2) is 0 Å². The van der Waals surface area contributed by atoms with Crippen LogP contribution < -0.4 is 5.73 Å². The van der Waals surface area contributed by atoms with Crippen molar-refractivity contribution in [3.05, 3.63) is 0 Å². The Hall–Kier alpha value is -0.0800. The Bertz CT molecular complexity index is 235. The zero-order valence-corrected chi connectivity index (χ0v) is 11.8. The van der Waals surface area contributed by atoms with Gasteiger partial charge in [0.15, 0.2) is 0 Å². The molecule has 0 aromatic heterocycles. The summed E-state index contributed by atoms with van der Waals surface area (Å²) >= 11 is 0. The number of rotatable bonds is 4. The fourth-order valence-electron chi connectivity index (χ4n) is 3.87. The van der Waals surface area contributed by atoms with Gasteiger partial charge in [0, 0.05) is 19.1 Å². The summed E-state index contributed by atoms with van der Waals surface area (Å²) in [7, 11) is 0. The van der Waals surface area contributed by atoms with E-state index in [1.807, 2.05) is 0 Å². The lowest BCUT2D eigenvalue weighted by Crippen LogP contribution is -2.36. The molecule has 0 radical (unpaired) electrons. The van der Waals surface area contributed by atoms with E-state index in [1.165, 1.54) is 64.6 Å². The van der Waals surface area contributed by atoms with Crippen LogP contribution >= 0.6 is 0 Å². The van der Waals surface area contributed by atoms with Gasteiger partial charge in [-0.1, -0.05) is 20.3 Å². The molecule has 0 aromatic rings. The van der Waals surface area contributed by atoms with E-state index in [1.54, 1.807) is 0 Å². The first kappa shape index (κ1) is 13.4. The SMILES string of the molecule is CCC1(CC)CCN(CC2CCCC(N)C2)C1. The van der Waals surface area contributed by atoms with Gasteiger partial charge in [-0.15, -0.1) is 0 Å². The topological polar surface area (TPSA) is 29.3 Å². The molecular weight excluding hydrogens is 208 g/mol. The Kier molecular flexibility index (Phi) is 4.48. The van der Waals surface area contributed by atoms with Crippen LogP contribution in [0.5, 0.6) is 0 Å². The van der Waals surface area contributed by atoms with Crippen LogP contribution in [0.25, 0.3) is 0 Å². The predicted octanol–water partition coefficient (Wildman–Crippen LogP) is 3.02. The molecule has 2 heteroatoms. The summed E-state index contributed by atoms with van der Waals surface area (Å²) in [6.45, 7) is 8.71. The smallest absolute Gasteiger partial charge is 0.00419 e. The third-order valence-corrected chi connectivity index (χ3v) is 5.36. The molecule has 2 aliphatic rings. The number of nitrogens with zero attached hydrogens (tertiary/aromatic N) is 1. The average Bonchev–Trinajstić information content (AvgIpc) is 2.73. The Balaban J connectivity index is 1.81. The van der Waals surface area contributed by atoms with E-state index in [-0.39, 0.29) is 0 Å². The third kappa shape index (κ3) is 3.23. The van der Waals surface area contributed by atoms with E-state index in [4.69, 9.17) is 5.73 Å². The molecule has 0 amide bonds. The Labute approximate surface area is 107 Å². The minimum atomic E-state index is 0.485. The molecule has 1 aliphatic heterocycles. The second-order valence-electron chi connectivity index (χ2n) is 6.48. The Morgan fingerprint density at radius 2 is 2.00 bits per heavy atom. The van der Waals surface area contributed by atoms with Crippen LogP contribution in [-0.4, -0.2) is 30.6 Å². The quantitative estimate of drug-likeness (QED) is 0.816. The van der Waals surface area contributed by atoms with Gasteiger partial charge >= 0.3 is 0 Å². The molecule has 17 heavy (non-hydrogen) atoms. The summed E-state index contributed by atoms with van der Waals surface area (Å²) in [6, 6.07) is 0.485. The highest BCUT2D eigenvalue weighted by Crippen LogP contribution is 2.38. The van der Waals surface area contributed by atoms with Crippen molar-refractivity contribution in [2.45, 2.75) is 64.8 Å². The molecule has 0 aromatic carbocycles. The summed E-state index contributed by atoms with van der Waals surface area (Å²) < 4.78 is 0. The number of likely N-dealkylation sites (tertiary alicyclic amines) is 1. The van der Waals surface area contributed by atoms with Gasteiger partial charge in [-0.05, 0) is 56.4 Å². The monoisotopic (exact) mass is 238 g/mol. The van der Waals surface area contributed by atoms with Gasteiger partial charge < -0.3 is 10.6 Å². The summed E-state index contributed by atoms with van der Waals surface area (Å²) in [5, 5.41) is 0. The molecule has 100 valence electrons. The number of hydrogen-bond donors (Lipinski definition) is 1. The van der Waals surface area contributed by atoms with E-state index in [2.05, 4.69) is 18.7 Å². The standard InChI is InChI=1S/C15H30N2/c1-3-15(4-2)8-9-17(12-15)11-13-6-5-7-14(16)10-13/h13-14H,3-12,16H2,1-2H3. The van der Waals surface area contributed by atoms with Crippen LogP contribution in [0.2, 0.25) is 0 Å². The third-order valence-electron chi connectivity index (χ3n) is 5.36. The van der Waals surface area contributed by atoms with Crippen molar-refractivity contribution in [1.82, 2.24) is 4.90 Å². The normalized spacial score (nSPS) is 34.1. The van der Waals surface area contributed by atoms with Gasteiger partial charge in [0.05, 0.1) is 0 Å². The van der Waals surface area contributed by atoms with Crippen molar-refractivity contribution in [2.24, 2.45) is 17.1 Å². The van der Waals surface area contributed by atoms with E-state index in [0.29, 0.717) is 11.5 Å². The Morgan fingerprint density at radius 1 is 1.24 bits per heavy atom. The molecule has 2 unspecified atom stereocenters. The van der Waals surface area contributed by atoms with E-state index in [0.717, 1.165) is 5.92 Å². The molecule has 0 bridgehead atoms. The number of hydrogen-bond acceptors (Lipinski definition) is 2. The van der Waals surface area contributed by atoms with Gasteiger partial charge in [0.1, 0.15) is 0 Å². The Morgan fingerprint density at radius 3 is 2.59 bits per heavy atom. The first-order valence-electron chi connectivity index (χ1n) is 7.65. The minimum Gasteiger partial charge on any atom is -0.328 e. The highest BCUT2D eigenvalue weighted by atomic mass is 15.2. The zero-order valence-electron chi connectivity index (χ0n) is 11.8. The highest BCUT2D eigenvalue weighted by Gasteiger charge is 2.35. The summed E-state index contributed by atoms with van der Waals surface area (Å²) in [6.07, 6.45) is 9.40. The molecule has 1 aliphatic carbocycles. The van der Waals surface area contributed by atoms with Crippen molar-refractivity contribution in [2.75, 3.05) is 19.6 Å². The minimum absolute atomic E-state index is 0.485. The maximum absolute atomic E-state index is 6.09. The van der Waals surface area contributed by atoms with Crippen LogP contribution in [0.3, 0.4) is 0 Å². The molecule has 0 spiro atoms. The zero-order chi connectivity index (χ0) is 12.3. The molecule has 1 heterocycles. The average molecular weight is 238 g/mol. The molecule has 2 N–H and O–H groups in total. The lowest BCUT2D eigenvalue weighted by Gasteiger charge is -2.31. The van der Waals surface area contributed by atoms with Crippen LogP contribution in [-0.2, 0) is 0 Å². The van der Waals surface area contributed by atoms with E-state index < -0.39 is 0 Å². The second kappa shape index (κ2) is 5.71. The summed E-state index contributed by atoms with van der Waals surface area (Å²) in [5.41, 5.74) is 6.72. The van der Waals surface area contributed by atoms with E-state index >= 15 is 0 Å². The van der Waals surface area contributed by atoms with Crippen molar-refractivity contribution in [1.29, 1.82) is 0 Å². The molecule has 2 atom stereocenters. The van der Waals surface area contributed by atoms with Crippen LogP contribution in [0.1, 0.15) is 58.8 Å². The highest BCUT2D eigenvalue weighted by molar-refractivity contribution is 4.89. The fourth-order valence-corrected chi connectivity index (χ4v) is 3.87. The fraction of sp³-hybridized carbons (Fsp3) is 1.00. The second-order valence-corrected chi connectivity index (χ2v) is 6.48. The molecule has 1 saturated heterocycles. The molecule has 1 saturated carbocycles. The van der Waals surface area contributed by atoms with E-state index in [9.17, 15) is 0 Å². The molecular formula is C15H30N2. The summed E-state index contributed by atoms with van der Waals surface area (Å²) in [4.78, 5) is 2.72. The van der Waals surface area contributed by atoms with Gasteiger partial charge in [-0.25, -0.2) is 0 Å². The van der Waals surface area contributed by atoms with Crippen molar-refractivity contribution >= 4 is 0 Å². The van der Waals surface area contributed by atoms with Gasteiger partial charge in [0.2, 0.25) is 0 Å². The van der Waals surface area contributed by atoms with Crippen molar-refractivity contribution in [3.63, 3.8) is 0 Å². The first-order chi connectivity index (χ1) is 8.17. The molecule has 2 nitrogen and oxygen atoms in total. The van der Waals surface area contributed by atoms with Gasteiger partial charge in [0.25, 0.3) is 0 Å². The van der Waals surface area contributed by atoms with Crippen molar-refractivity contribution < 1.29 is 0 Å². The van der Waals surface area contributed by atoms with Crippen molar-refractivity contribution in [3.8, 4) is 0 Å². The maximum Gasteiger partial charge on any atom is 0.00419 e. The predicted molar refractivity (Wildman–Crippen MR) is 74.0 cm³/mol. The number of nitrogens with two attached hydrogens (primary N) is 1. The largest absolute Gasteiger partial charge is 0.328 e. The maximum atomic E-state index is 6.09. The molecule has 2 rings (SSSR count).